The zero-order chi connectivity index (χ0) is 10.1. The first kappa shape index (κ1) is 12.9. The van der Waals surface area contributed by atoms with Crippen molar-refractivity contribution in [1.82, 2.24) is 0 Å². The first-order chi connectivity index (χ1) is 6.18. The van der Waals surface area contributed by atoms with Gasteiger partial charge in [-0.1, -0.05) is 45.4 Å². The summed E-state index contributed by atoms with van der Waals surface area (Å²) in [5.41, 5.74) is 5.36. The second kappa shape index (κ2) is 8.51. The summed E-state index contributed by atoms with van der Waals surface area (Å²) in [6.07, 6.45) is 7.65. The summed E-state index contributed by atoms with van der Waals surface area (Å²) in [6, 6.07) is 0. The van der Waals surface area contributed by atoms with Crippen LogP contribution in [0, 0.1) is 0 Å². The third-order valence-corrected chi connectivity index (χ3v) is 2.92. The quantitative estimate of drug-likeness (QED) is 0.470. The van der Waals surface area contributed by atoms with Gasteiger partial charge in [0.05, 0.1) is 0 Å². The molecule has 0 bridgehead atoms. The maximum Gasteiger partial charge on any atom is 0.155 e. The van der Waals surface area contributed by atoms with E-state index >= 15 is 0 Å². The minimum Gasteiger partial charge on any atom is -0.315 e. The van der Waals surface area contributed by atoms with Gasteiger partial charge in [-0.2, -0.15) is 0 Å². The lowest BCUT2D eigenvalue weighted by atomic mass is 10.1. The molecule has 3 nitrogen and oxygen atoms in total. The molecule has 80 valence electrons. The van der Waals surface area contributed by atoms with Crippen LogP contribution in [-0.4, -0.2) is 13.8 Å². The number of nitrogens with two attached hydrogens (primary N) is 1. The van der Waals surface area contributed by atoms with Crippen molar-refractivity contribution in [2.24, 2.45) is 5.73 Å². The van der Waals surface area contributed by atoms with Gasteiger partial charge in [-0.15, -0.1) is 0 Å². The van der Waals surface area contributed by atoms with E-state index in [1.54, 1.807) is 0 Å². The molecule has 0 aliphatic heterocycles. The number of thiol groups is 1. The maximum atomic E-state index is 10.4. The van der Waals surface area contributed by atoms with E-state index in [2.05, 4.69) is 6.92 Å². The zero-order valence-electron chi connectivity index (χ0n) is 8.37. The molecular formula is C9H21NO2S. The van der Waals surface area contributed by atoms with Gasteiger partial charge in [0, 0.05) is 0 Å². The lowest BCUT2D eigenvalue weighted by molar-refractivity contribution is 0.561. The Balaban J connectivity index is 3.16. The van der Waals surface area contributed by atoms with Gasteiger partial charge in [0.2, 0.25) is 0 Å². The van der Waals surface area contributed by atoms with E-state index in [4.69, 9.17) is 5.73 Å². The molecule has 0 aliphatic carbocycles. The second-order valence-electron chi connectivity index (χ2n) is 3.41. The molecule has 2 N–H and O–H groups in total. The van der Waals surface area contributed by atoms with Gasteiger partial charge in [0.25, 0.3) is 0 Å². The third-order valence-electron chi connectivity index (χ3n) is 2.12. The van der Waals surface area contributed by atoms with Gasteiger partial charge in [-0.05, 0) is 6.42 Å². The summed E-state index contributed by atoms with van der Waals surface area (Å²) >= 11 is 0. The molecule has 0 aromatic heterocycles. The summed E-state index contributed by atoms with van der Waals surface area (Å²) in [5.74, 6) is 0. The predicted molar refractivity (Wildman–Crippen MR) is 56.3 cm³/mol. The highest BCUT2D eigenvalue weighted by atomic mass is 32.2. The van der Waals surface area contributed by atoms with Gasteiger partial charge >= 0.3 is 0 Å². The molecule has 0 radical (unpaired) electrons. The van der Waals surface area contributed by atoms with Crippen LogP contribution in [0.4, 0.5) is 0 Å². The molecule has 0 fully saturated rings. The molecule has 13 heavy (non-hydrogen) atoms. The Kier molecular flexibility index (Phi) is 8.45. The molecule has 1 unspecified atom stereocenters. The van der Waals surface area contributed by atoms with Gasteiger partial charge in [0.1, 0.15) is 5.37 Å². The van der Waals surface area contributed by atoms with E-state index in [0.717, 1.165) is 12.8 Å². The maximum absolute atomic E-state index is 10.4. The average Bonchev–Trinajstić information content (AvgIpc) is 2.10. The van der Waals surface area contributed by atoms with E-state index in [1.807, 2.05) is 0 Å². The van der Waals surface area contributed by atoms with E-state index in [0.29, 0.717) is 6.42 Å². The fourth-order valence-electron chi connectivity index (χ4n) is 1.24. The molecule has 0 saturated heterocycles. The lowest BCUT2D eigenvalue weighted by Crippen LogP contribution is -2.20. The highest BCUT2D eigenvalue weighted by Crippen LogP contribution is 2.07. The Hall–Kier alpha value is -0.0900. The summed E-state index contributed by atoms with van der Waals surface area (Å²) in [4.78, 5) is 0. The van der Waals surface area contributed by atoms with E-state index in [-0.39, 0.29) is 0 Å². The van der Waals surface area contributed by atoms with Crippen molar-refractivity contribution < 1.29 is 8.42 Å². The number of hydrogen-bond acceptors (Lipinski definition) is 3. The predicted octanol–water partition coefficient (Wildman–Crippen LogP) is 1.63. The van der Waals surface area contributed by atoms with Gasteiger partial charge in [-0.3, -0.25) is 0 Å². The molecule has 4 heteroatoms. The topological polar surface area (TPSA) is 60.2 Å². The summed E-state index contributed by atoms with van der Waals surface area (Å²) in [7, 11) is -2.41. The summed E-state index contributed by atoms with van der Waals surface area (Å²) < 4.78 is 20.8. The van der Waals surface area contributed by atoms with Crippen molar-refractivity contribution in [2.75, 3.05) is 0 Å². The van der Waals surface area contributed by atoms with Crippen LogP contribution in [0.3, 0.4) is 0 Å². The van der Waals surface area contributed by atoms with Crippen LogP contribution in [-0.2, 0) is 10.7 Å². The Bertz CT molecular complexity index is 172. The normalized spacial score (nSPS) is 13.5. The first-order valence-electron chi connectivity index (χ1n) is 5.07. The minimum absolute atomic E-state index is 0.616. The number of unbranched alkanes of at least 4 members (excludes halogenated alkanes) is 5. The molecule has 0 aromatic rings. The van der Waals surface area contributed by atoms with Crippen LogP contribution < -0.4 is 5.73 Å². The first-order valence-corrected chi connectivity index (χ1v) is 6.32. The molecule has 0 aromatic carbocycles. The van der Waals surface area contributed by atoms with Crippen molar-refractivity contribution in [2.45, 2.75) is 57.2 Å². The summed E-state index contributed by atoms with van der Waals surface area (Å²) in [6.45, 7) is 2.18. The zero-order valence-corrected chi connectivity index (χ0v) is 9.26. The van der Waals surface area contributed by atoms with Crippen LogP contribution >= 0.6 is 0 Å². The van der Waals surface area contributed by atoms with Crippen molar-refractivity contribution in [1.29, 1.82) is 0 Å². The fraction of sp³-hybridized carbons (Fsp3) is 1.00. The van der Waals surface area contributed by atoms with Crippen molar-refractivity contribution in [3.05, 3.63) is 0 Å². The van der Waals surface area contributed by atoms with Crippen molar-refractivity contribution >= 4 is 10.7 Å². The van der Waals surface area contributed by atoms with Crippen molar-refractivity contribution in [3.63, 3.8) is 0 Å². The Morgan fingerprint density at radius 2 is 1.62 bits per heavy atom. The highest BCUT2D eigenvalue weighted by Gasteiger charge is 2.02. The Labute approximate surface area is 82.7 Å². The monoisotopic (exact) mass is 207 g/mol. The molecule has 0 spiro atoms. The van der Waals surface area contributed by atoms with Gasteiger partial charge < -0.3 is 5.73 Å². The van der Waals surface area contributed by atoms with Gasteiger partial charge in [-0.25, -0.2) is 8.42 Å². The SMILES string of the molecule is CCCCCCCCC(N)[SH](=O)=O. The standard InChI is InChI=1S/C9H21NO2S/c1-2-3-4-5-6-7-8-9(10)13(11)12/h9,13H,2-8,10H2,1H3. The van der Waals surface area contributed by atoms with Crippen LogP contribution in [0.5, 0.6) is 0 Å². The summed E-state index contributed by atoms with van der Waals surface area (Å²) in [5, 5.41) is -0.624. The molecule has 0 rings (SSSR count). The van der Waals surface area contributed by atoms with Gasteiger partial charge in [0.15, 0.2) is 10.7 Å². The van der Waals surface area contributed by atoms with E-state index in [9.17, 15) is 8.42 Å². The molecule has 0 heterocycles. The number of rotatable bonds is 8. The minimum atomic E-state index is -2.41. The highest BCUT2D eigenvalue weighted by molar-refractivity contribution is 7.73. The van der Waals surface area contributed by atoms with E-state index in [1.165, 1.54) is 25.7 Å². The van der Waals surface area contributed by atoms with E-state index < -0.39 is 16.1 Å². The van der Waals surface area contributed by atoms with Crippen LogP contribution in [0.15, 0.2) is 0 Å². The smallest absolute Gasteiger partial charge is 0.155 e. The van der Waals surface area contributed by atoms with Crippen LogP contribution in [0.25, 0.3) is 0 Å². The lowest BCUT2D eigenvalue weighted by Gasteiger charge is -2.03. The fourth-order valence-corrected chi connectivity index (χ4v) is 1.63. The third kappa shape index (κ3) is 8.25. The largest absolute Gasteiger partial charge is 0.315 e. The van der Waals surface area contributed by atoms with Crippen molar-refractivity contribution in [3.8, 4) is 0 Å². The van der Waals surface area contributed by atoms with Crippen LogP contribution in [0.1, 0.15) is 51.9 Å². The Morgan fingerprint density at radius 1 is 1.08 bits per heavy atom. The molecule has 1 atom stereocenters. The second-order valence-corrected chi connectivity index (χ2v) is 4.64. The average molecular weight is 207 g/mol. The molecule has 0 amide bonds. The van der Waals surface area contributed by atoms with Crippen LogP contribution in [0.2, 0.25) is 0 Å². The molecular weight excluding hydrogens is 186 g/mol. The number of hydrogen-bond donors (Lipinski definition) is 2. The molecule has 0 aliphatic rings. The Morgan fingerprint density at radius 3 is 2.15 bits per heavy atom. The molecule has 0 saturated carbocycles.